The van der Waals surface area contributed by atoms with Crippen molar-refractivity contribution < 1.29 is 13.2 Å². The van der Waals surface area contributed by atoms with E-state index in [1.54, 1.807) is 0 Å². The van der Waals surface area contributed by atoms with Crippen LogP contribution < -0.4 is 5.32 Å². The van der Waals surface area contributed by atoms with Crippen LogP contribution in [-0.4, -0.2) is 34.4 Å². The third-order valence-electron chi connectivity index (χ3n) is 2.99. The number of H-pyrrole nitrogens is 1. The predicted octanol–water partition coefficient (Wildman–Crippen LogP) is 1.16. The van der Waals surface area contributed by atoms with Crippen LogP contribution in [0.5, 0.6) is 0 Å². The molecule has 0 aromatic carbocycles. The monoisotopic (exact) mass is 234 g/mol. The highest BCUT2D eigenvalue weighted by atomic mass is 19.4. The number of nitrogens with one attached hydrogen (secondary N) is 2. The molecule has 1 unspecified atom stereocenters. The number of aryl methyl sites for hydroxylation is 1. The van der Waals surface area contributed by atoms with E-state index in [2.05, 4.69) is 20.5 Å². The first-order valence-electron chi connectivity index (χ1n) is 5.19. The first-order chi connectivity index (χ1) is 7.49. The lowest BCUT2D eigenvalue weighted by Gasteiger charge is -2.27. The van der Waals surface area contributed by atoms with Gasteiger partial charge >= 0.3 is 6.18 Å². The lowest BCUT2D eigenvalue weighted by molar-refractivity contribution is -0.187. The number of nitrogens with zero attached hydrogens (tertiary/aromatic N) is 2. The van der Waals surface area contributed by atoms with Crippen LogP contribution in [0, 0.1) is 0 Å². The van der Waals surface area contributed by atoms with E-state index in [-0.39, 0.29) is 18.8 Å². The number of hydrogen-bond acceptors (Lipinski definition) is 3. The number of alkyl halides is 3. The smallest absolute Gasteiger partial charge is 0.315 e. The highest BCUT2D eigenvalue weighted by molar-refractivity contribution is 5.16. The average molecular weight is 234 g/mol. The van der Waals surface area contributed by atoms with Crippen LogP contribution in [0.3, 0.4) is 0 Å². The van der Waals surface area contributed by atoms with Gasteiger partial charge in [0.15, 0.2) is 5.82 Å². The van der Waals surface area contributed by atoms with Gasteiger partial charge in [0.2, 0.25) is 0 Å². The summed E-state index contributed by atoms with van der Waals surface area (Å²) in [6.07, 6.45) is -3.77. The number of aromatic amines is 1. The molecule has 1 aliphatic rings. The molecule has 0 bridgehead atoms. The lowest BCUT2D eigenvalue weighted by atomic mass is 9.85. The standard InChI is InChI=1S/C9H13F3N4/c1-2-6-14-7(16-15-6)8(9(10,11)12)3-4-13-5-8/h13H,2-5H2,1H3,(H,14,15,16). The lowest BCUT2D eigenvalue weighted by Crippen LogP contribution is -2.45. The fraction of sp³-hybridized carbons (Fsp3) is 0.778. The maximum absolute atomic E-state index is 13.1. The van der Waals surface area contributed by atoms with Gasteiger partial charge in [0, 0.05) is 13.0 Å². The van der Waals surface area contributed by atoms with Crippen LogP contribution in [0.15, 0.2) is 0 Å². The van der Waals surface area contributed by atoms with Crippen molar-refractivity contribution in [1.82, 2.24) is 20.5 Å². The Bertz CT molecular complexity index is 365. The third kappa shape index (κ3) is 1.59. The van der Waals surface area contributed by atoms with E-state index >= 15 is 0 Å². The summed E-state index contributed by atoms with van der Waals surface area (Å²) in [4.78, 5) is 3.92. The van der Waals surface area contributed by atoms with Crippen molar-refractivity contribution in [3.63, 3.8) is 0 Å². The van der Waals surface area contributed by atoms with Gasteiger partial charge in [0.25, 0.3) is 0 Å². The summed E-state index contributed by atoms with van der Waals surface area (Å²) < 4.78 is 39.2. The van der Waals surface area contributed by atoms with E-state index in [0.717, 1.165) is 0 Å². The molecule has 1 aliphatic heterocycles. The molecule has 1 atom stereocenters. The van der Waals surface area contributed by atoms with Crippen LogP contribution in [0.2, 0.25) is 0 Å². The quantitative estimate of drug-likeness (QED) is 0.807. The minimum absolute atomic E-state index is 0.00247. The molecule has 7 heteroatoms. The minimum atomic E-state index is -4.32. The van der Waals surface area contributed by atoms with E-state index in [1.807, 2.05) is 6.92 Å². The van der Waals surface area contributed by atoms with E-state index in [0.29, 0.717) is 18.8 Å². The van der Waals surface area contributed by atoms with Gasteiger partial charge in [0.05, 0.1) is 0 Å². The Balaban J connectivity index is 2.40. The van der Waals surface area contributed by atoms with Crippen molar-refractivity contribution >= 4 is 0 Å². The molecular weight excluding hydrogens is 221 g/mol. The SMILES string of the molecule is CCc1nc(C2(C(F)(F)F)CCNC2)n[nH]1. The highest BCUT2D eigenvalue weighted by Crippen LogP contribution is 2.43. The van der Waals surface area contributed by atoms with Crippen molar-refractivity contribution in [3.05, 3.63) is 11.6 Å². The second-order valence-electron chi connectivity index (χ2n) is 3.97. The minimum Gasteiger partial charge on any atom is -0.315 e. The largest absolute Gasteiger partial charge is 0.402 e. The van der Waals surface area contributed by atoms with Gasteiger partial charge in [-0.1, -0.05) is 6.92 Å². The summed E-state index contributed by atoms with van der Waals surface area (Å²) in [5, 5.41) is 8.98. The van der Waals surface area contributed by atoms with Gasteiger partial charge in [-0.2, -0.15) is 18.3 Å². The summed E-state index contributed by atoms with van der Waals surface area (Å²) in [5.74, 6) is 0.354. The van der Waals surface area contributed by atoms with Gasteiger partial charge in [-0.25, -0.2) is 4.98 Å². The maximum Gasteiger partial charge on any atom is 0.402 e. The Morgan fingerprint density at radius 2 is 2.19 bits per heavy atom. The molecule has 0 amide bonds. The van der Waals surface area contributed by atoms with E-state index in [1.165, 1.54) is 0 Å². The Morgan fingerprint density at radius 3 is 2.62 bits per heavy atom. The van der Waals surface area contributed by atoms with Crippen LogP contribution >= 0.6 is 0 Å². The molecule has 1 aromatic heterocycles. The Labute approximate surface area is 90.6 Å². The summed E-state index contributed by atoms with van der Waals surface area (Å²) >= 11 is 0. The first-order valence-corrected chi connectivity index (χ1v) is 5.19. The van der Waals surface area contributed by atoms with E-state index in [4.69, 9.17) is 0 Å². The third-order valence-corrected chi connectivity index (χ3v) is 2.99. The molecule has 1 fully saturated rings. The topological polar surface area (TPSA) is 53.6 Å². The molecule has 0 radical (unpaired) electrons. The fourth-order valence-electron chi connectivity index (χ4n) is 1.92. The molecule has 0 saturated carbocycles. The van der Waals surface area contributed by atoms with Crippen molar-refractivity contribution in [2.75, 3.05) is 13.1 Å². The molecule has 2 rings (SSSR count). The number of halogens is 3. The summed E-state index contributed by atoms with van der Waals surface area (Å²) in [6, 6.07) is 0. The maximum atomic E-state index is 13.1. The molecule has 2 heterocycles. The average Bonchev–Trinajstić information content (AvgIpc) is 2.86. The van der Waals surface area contributed by atoms with Crippen LogP contribution in [0.1, 0.15) is 25.0 Å². The summed E-state index contributed by atoms with van der Waals surface area (Å²) in [6.45, 7) is 2.02. The number of rotatable bonds is 2. The fourth-order valence-corrected chi connectivity index (χ4v) is 1.92. The predicted molar refractivity (Wildman–Crippen MR) is 51.0 cm³/mol. The zero-order valence-corrected chi connectivity index (χ0v) is 8.86. The van der Waals surface area contributed by atoms with Gasteiger partial charge in [-0.3, -0.25) is 5.10 Å². The highest BCUT2D eigenvalue weighted by Gasteiger charge is 2.59. The van der Waals surface area contributed by atoms with Crippen molar-refractivity contribution in [3.8, 4) is 0 Å². The van der Waals surface area contributed by atoms with E-state index < -0.39 is 11.6 Å². The number of hydrogen-bond donors (Lipinski definition) is 2. The van der Waals surface area contributed by atoms with Crippen LogP contribution in [0.4, 0.5) is 13.2 Å². The second-order valence-corrected chi connectivity index (χ2v) is 3.97. The Kier molecular flexibility index (Phi) is 2.65. The molecule has 90 valence electrons. The van der Waals surface area contributed by atoms with Crippen molar-refractivity contribution in [1.29, 1.82) is 0 Å². The second kappa shape index (κ2) is 3.73. The molecule has 1 aromatic rings. The van der Waals surface area contributed by atoms with Crippen LogP contribution in [-0.2, 0) is 11.8 Å². The molecular formula is C9H13F3N4. The normalized spacial score (nSPS) is 26.2. The zero-order valence-electron chi connectivity index (χ0n) is 8.86. The summed E-state index contributed by atoms with van der Waals surface area (Å²) in [7, 11) is 0. The first kappa shape index (κ1) is 11.4. The van der Waals surface area contributed by atoms with E-state index in [9.17, 15) is 13.2 Å². The van der Waals surface area contributed by atoms with Gasteiger partial charge in [-0.05, 0) is 13.0 Å². The Morgan fingerprint density at radius 1 is 1.44 bits per heavy atom. The van der Waals surface area contributed by atoms with Crippen LogP contribution in [0.25, 0.3) is 0 Å². The molecule has 0 aliphatic carbocycles. The van der Waals surface area contributed by atoms with Crippen molar-refractivity contribution in [2.24, 2.45) is 0 Å². The van der Waals surface area contributed by atoms with Crippen molar-refractivity contribution in [2.45, 2.75) is 31.4 Å². The van der Waals surface area contributed by atoms with Gasteiger partial charge < -0.3 is 5.32 Å². The molecule has 16 heavy (non-hydrogen) atoms. The Hall–Kier alpha value is -1.11. The summed E-state index contributed by atoms with van der Waals surface area (Å²) in [5.41, 5.74) is -1.92. The van der Waals surface area contributed by atoms with Gasteiger partial charge in [-0.15, -0.1) is 0 Å². The number of aromatic nitrogens is 3. The molecule has 4 nitrogen and oxygen atoms in total. The molecule has 0 spiro atoms. The van der Waals surface area contributed by atoms with Gasteiger partial charge in [0.1, 0.15) is 11.2 Å². The molecule has 2 N–H and O–H groups in total. The zero-order chi connectivity index (χ0) is 11.8. The molecule has 1 saturated heterocycles.